The fourth-order valence-corrected chi connectivity index (χ4v) is 4.85. The SMILES string of the molecule is COc1ccc2c(c1)CCN1C2CC(=O)[C@]2(C)CCC[C@@H]12. The molecule has 4 rings (SSSR count). The van der Waals surface area contributed by atoms with E-state index in [2.05, 4.69) is 24.0 Å². The molecule has 0 N–H and O–H groups in total. The van der Waals surface area contributed by atoms with Crippen LogP contribution >= 0.6 is 0 Å². The van der Waals surface area contributed by atoms with Crippen LogP contribution in [-0.4, -0.2) is 30.4 Å². The van der Waals surface area contributed by atoms with Crippen LogP contribution in [0.2, 0.25) is 0 Å². The van der Waals surface area contributed by atoms with Gasteiger partial charge in [-0.25, -0.2) is 0 Å². The van der Waals surface area contributed by atoms with E-state index in [9.17, 15) is 4.79 Å². The average Bonchev–Trinajstić information content (AvgIpc) is 2.90. The molecule has 0 spiro atoms. The molecule has 112 valence electrons. The molecular formula is C18H23NO2. The fraction of sp³-hybridized carbons (Fsp3) is 0.611. The van der Waals surface area contributed by atoms with E-state index in [1.54, 1.807) is 7.11 Å². The molecule has 1 aliphatic carbocycles. The zero-order valence-electron chi connectivity index (χ0n) is 12.9. The quantitative estimate of drug-likeness (QED) is 0.794. The summed E-state index contributed by atoms with van der Waals surface area (Å²) < 4.78 is 5.34. The molecule has 1 aromatic carbocycles. The number of ketones is 1. The summed E-state index contributed by atoms with van der Waals surface area (Å²) in [5, 5.41) is 0. The van der Waals surface area contributed by atoms with Crippen molar-refractivity contribution in [1.82, 2.24) is 4.90 Å². The Hall–Kier alpha value is -1.35. The van der Waals surface area contributed by atoms with Gasteiger partial charge in [0.1, 0.15) is 11.5 Å². The van der Waals surface area contributed by atoms with E-state index >= 15 is 0 Å². The van der Waals surface area contributed by atoms with Crippen molar-refractivity contribution in [3.8, 4) is 5.75 Å². The normalized spacial score (nSPS) is 35.0. The zero-order chi connectivity index (χ0) is 14.6. The van der Waals surface area contributed by atoms with Gasteiger partial charge < -0.3 is 4.74 Å². The number of nitrogens with zero attached hydrogens (tertiary/aromatic N) is 1. The maximum Gasteiger partial charge on any atom is 0.142 e. The van der Waals surface area contributed by atoms with E-state index in [0.29, 0.717) is 24.3 Å². The second kappa shape index (κ2) is 4.57. The Bertz CT molecular complexity index is 597. The van der Waals surface area contributed by atoms with Crippen molar-refractivity contribution in [3.63, 3.8) is 0 Å². The Morgan fingerprint density at radius 2 is 2.24 bits per heavy atom. The first-order chi connectivity index (χ1) is 10.1. The van der Waals surface area contributed by atoms with Gasteiger partial charge in [0, 0.05) is 30.5 Å². The Kier molecular flexibility index (Phi) is 2.90. The Morgan fingerprint density at radius 3 is 3.05 bits per heavy atom. The highest BCUT2D eigenvalue weighted by atomic mass is 16.5. The van der Waals surface area contributed by atoms with Crippen molar-refractivity contribution in [2.24, 2.45) is 5.41 Å². The van der Waals surface area contributed by atoms with Crippen molar-refractivity contribution >= 4 is 5.78 Å². The van der Waals surface area contributed by atoms with Gasteiger partial charge in [0.05, 0.1) is 7.11 Å². The van der Waals surface area contributed by atoms with Crippen LogP contribution in [0.4, 0.5) is 0 Å². The summed E-state index contributed by atoms with van der Waals surface area (Å²) in [6, 6.07) is 7.12. The third-order valence-electron chi connectivity index (χ3n) is 6.07. The number of rotatable bonds is 1. The molecule has 3 nitrogen and oxygen atoms in total. The Morgan fingerprint density at radius 1 is 1.38 bits per heavy atom. The maximum absolute atomic E-state index is 12.7. The Balaban J connectivity index is 1.74. The van der Waals surface area contributed by atoms with Crippen LogP contribution in [0, 0.1) is 5.41 Å². The number of hydrogen-bond donors (Lipinski definition) is 0. The van der Waals surface area contributed by atoms with Crippen LogP contribution in [0.3, 0.4) is 0 Å². The number of carbonyl (C=O) groups is 1. The van der Waals surface area contributed by atoms with Gasteiger partial charge in [-0.3, -0.25) is 9.69 Å². The second-order valence-corrected chi connectivity index (χ2v) is 7.02. The molecule has 1 aromatic rings. The molecule has 1 saturated heterocycles. The molecule has 2 heterocycles. The number of ether oxygens (including phenoxy) is 1. The third kappa shape index (κ3) is 1.80. The lowest BCUT2D eigenvalue weighted by molar-refractivity contribution is -0.139. The molecule has 1 saturated carbocycles. The molecule has 2 aliphatic heterocycles. The summed E-state index contributed by atoms with van der Waals surface area (Å²) in [7, 11) is 1.71. The van der Waals surface area contributed by atoms with Crippen LogP contribution in [0.25, 0.3) is 0 Å². The van der Waals surface area contributed by atoms with Crippen molar-refractivity contribution in [3.05, 3.63) is 29.3 Å². The van der Waals surface area contributed by atoms with E-state index in [1.165, 1.54) is 24.0 Å². The summed E-state index contributed by atoms with van der Waals surface area (Å²) in [6.07, 6.45) is 5.22. The van der Waals surface area contributed by atoms with Gasteiger partial charge in [0.25, 0.3) is 0 Å². The number of methoxy groups -OCH3 is 1. The first-order valence-corrected chi connectivity index (χ1v) is 8.09. The topological polar surface area (TPSA) is 29.5 Å². The molecule has 3 aliphatic rings. The monoisotopic (exact) mass is 285 g/mol. The summed E-state index contributed by atoms with van der Waals surface area (Å²) in [6.45, 7) is 3.28. The van der Waals surface area contributed by atoms with Crippen molar-refractivity contribution in [2.45, 2.75) is 51.1 Å². The molecule has 2 fully saturated rings. The van der Waals surface area contributed by atoms with E-state index in [0.717, 1.165) is 25.1 Å². The van der Waals surface area contributed by atoms with Crippen LogP contribution in [0.5, 0.6) is 5.75 Å². The minimum absolute atomic E-state index is 0.0829. The van der Waals surface area contributed by atoms with E-state index in [-0.39, 0.29) is 5.41 Å². The summed E-state index contributed by atoms with van der Waals surface area (Å²) >= 11 is 0. The van der Waals surface area contributed by atoms with Gasteiger partial charge in [-0.1, -0.05) is 19.4 Å². The zero-order valence-corrected chi connectivity index (χ0v) is 12.9. The first kappa shape index (κ1) is 13.3. The minimum Gasteiger partial charge on any atom is -0.497 e. The number of fused-ring (bicyclic) bond motifs is 5. The summed E-state index contributed by atoms with van der Waals surface area (Å²) in [4.78, 5) is 15.4. The van der Waals surface area contributed by atoms with Crippen LogP contribution in [-0.2, 0) is 11.2 Å². The molecule has 1 unspecified atom stereocenters. The second-order valence-electron chi connectivity index (χ2n) is 7.02. The number of piperidine rings is 1. The highest BCUT2D eigenvalue weighted by Gasteiger charge is 2.53. The Labute approximate surface area is 126 Å². The fourth-order valence-electron chi connectivity index (χ4n) is 4.85. The minimum atomic E-state index is -0.0829. The molecule has 0 bridgehead atoms. The standard InChI is InChI=1S/C18H23NO2/c1-18-8-3-4-16(18)19-9-7-12-10-13(21-2)5-6-14(12)15(19)11-17(18)20/h5-6,10,15-16H,3-4,7-9,11H2,1-2H3/t15?,16-,18-/m1/s1. The summed E-state index contributed by atoms with van der Waals surface area (Å²) in [5.74, 6) is 1.41. The van der Waals surface area contributed by atoms with E-state index in [4.69, 9.17) is 4.74 Å². The lowest BCUT2D eigenvalue weighted by Gasteiger charge is -2.50. The maximum atomic E-state index is 12.7. The van der Waals surface area contributed by atoms with E-state index in [1.807, 2.05) is 6.07 Å². The average molecular weight is 285 g/mol. The van der Waals surface area contributed by atoms with Gasteiger partial charge >= 0.3 is 0 Å². The predicted molar refractivity (Wildman–Crippen MR) is 81.5 cm³/mol. The van der Waals surface area contributed by atoms with E-state index < -0.39 is 0 Å². The van der Waals surface area contributed by atoms with Gasteiger partial charge in [0.15, 0.2) is 0 Å². The number of Topliss-reactive ketones (excluding diaryl/α,β-unsaturated/α-hetero) is 1. The van der Waals surface area contributed by atoms with Crippen molar-refractivity contribution < 1.29 is 9.53 Å². The smallest absolute Gasteiger partial charge is 0.142 e. The molecule has 0 amide bonds. The molecular weight excluding hydrogens is 262 g/mol. The highest BCUT2D eigenvalue weighted by Crippen LogP contribution is 2.52. The van der Waals surface area contributed by atoms with Crippen LogP contribution in [0.15, 0.2) is 18.2 Å². The van der Waals surface area contributed by atoms with Gasteiger partial charge in [-0.2, -0.15) is 0 Å². The lowest BCUT2D eigenvalue weighted by Crippen LogP contribution is -2.56. The largest absolute Gasteiger partial charge is 0.497 e. The molecule has 0 aromatic heterocycles. The number of hydrogen-bond acceptors (Lipinski definition) is 3. The third-order valence-corrected chi connectivity index (χ3v) is 6.07. The summed E-state index contributed by atoms with van der Waals surface area (Å²) in [5.41, 5.74) is 2.63. The molecule has 21 heavy (non-hydrogen) atoms. The molecule has 3 heteroatoms. The number of carbonyl (C=O) groups excluding carboxylic acids is 1. The van der Waals surface area contributed by atoms with Crippen molar-refractivity contribution in [1.29, 1.82) is 0 Å². The molecule has 0 radical (unpaired) electrons. The predicted octanol–water partition coefficient (Wildman–Crippen LogP) is 3.13. The van der Waals surface area contributed by atoms with Gasteiger partial charge in [-0.05, 0) is 42.5 Å². The first-order valence-electron chi connectivity index (χ1n) is 8.09. The van der Waals surface area contributed by atoms with Gasteiger partial charge in [-0.15, -0.1) is 0 Å². The highest BCUT2D eigenvalue weighted by molar-refractivity contribution is 5.87. The van der Waals surface area contributed by atoms with Crippen molar-refractivity contribution in [2.75, 3.05) is 13.7 Å². The van der Waals surface area contributed by atoms with Gasteiger partial charge in [0.2, 0.25) is 0 Å². The van der Waals surface area contributed by atoms with Crippen LogP contribution in [0.1, 0.15) is 49.8 Å². The number of benzene rings is 1. The lowest BCUT2D eigenvalue weighted by atomic mass is 9.70. The van der Waals surface area contributed by atoms with Crippen LogP contribution < -0.4 is 4.74 Å². The molecule has 3 atom stereocenters.